The Morgan fingerprint density at radius 1 is 1.03 bits per heavy atom. The van der Waals surface area contributed by atoms with E-state index in [0.29, 0.717) is 32.5 Å². The zero-order chi connectivity index (χ0) is 22.1. The quantitative estimate of drug-likeness (QED) is 0.533. The van der Waals surface area contributed by atoms with Crippen molar-refractivity contribution < 1.29 is 14.3 Å². The van der Waals surface area contributed by atoms with Gasteiger partial charge in [0.1, 0.15) is 5.82 Å². The van der Waals surface area contributed by atoms with Crippen LogP contribution in [0.15, 0.2) is 73.2 Å². The number of halogens is 1. The number of hydrogen-bond donors (Lipinski definition) is 1. The SMILES string of the molecule is O=C(c1ccccc1F)N1CCC(O)(Cn2ccc3nc(-c4ccncc4)ccc32)CC1. The highest BCUT2D eigenvalue weighted by molar-refractivity contribution is 5.94. The molecule has 1 aliphatic rings. The van der Waals surface area contributed by atoms with Gasteiger partial charge in [0, 0.05) is 37.2 Å². The van der Waals surface area contributed by atoms with E-state index >= 15 is 0 Å². The molecule has 6 nitrogen and oxygen atoms in total. The predicted molar refractivity (Wildman–Crippen MR) is 119 cm³/mol. The number of amides is 1. The number of fused-ring (bicyclic) bond motifs is 1. The van der Waals surface area contributed by atoms with Gasteiger partial charge in [-0.15, -0.1) is 0 Å². The van der Waals surface area contributed by atoms with Crippen molar-refractivity contribution in [1.82, 2.24) is 19.4 Å². The first-order valence-corrected chi connectivity index (χ1v) is 10.6. The van der Waals surface area contributed by atoms with Crippen LogP contribution in [0.5, 0.6) is 0 Å². The van der Waals surface area contributed by atoms with Crippen LogP contribution in [0.1, 0.15) is 23.2 Å². The van der Waals surface area contributed by atoms with Crippen molar-refractivity contribution in [2.45, 2.75) is 25.0 Å². The molecule has 0 unspecified atom stereocenters. The summed E-state index contributed by atoms with van der Waals surface area (Å²) in [4.78, 5) is 23.1. The van der Waals surface area contributed by atoms with Gasteiger partial charge in [-0.25, -0.2) is 9.37 Å². The molecule has 0 saturated carbocycles. The molecule has 7 heteroatoms. The topological polar surface area (TPSA) is 71.2 Å². The average molecular weight is 430 g/mol. The smallest absolute Gasteiger partial charge is 0.256 e. The summed E-state index contributed by atoms with van der Waals surface area (Å²) in [5, 5.41) is 11.2. The molecule has 1 aromatic carbocycles. The summed E-state index contributed by atoms with van der Waals surface area (Å²) in [5.41, 5.74) is 2.81. The number of nitrogens with zero attached hydrogens (tertiary/aromatic N) is 4. The van der Waals surface area contributed by atoms with Crippen molar-refractivity contribution in [3.8, 4) is 11.3 Å². The number of likely N-dealkylation sites (tertiary alicyclic amines) is 1. The number of hydrogen-bond acceptors (Lipinski definition) is 4. The Labute approximate surface area is 185 Å². The van der Waals surface area contributed by atoms with E-state index in [4.69, 9.17) is 4.98 Å². The van der Waals surface area contributed by atoms with E-state index in [-0.39, 0.29) is 11.5 Å². The summed E-state index contributed by atoms with van der Waals surface area (Å²) < 4.78 is 16.0. The van der Waals surface area contributed by atoms with Crippen LogP contribution in [-0.2, 0) is 6.54 Å². The Balaban J connectivity index is 1.29. The summed E-state index contributed by atoms with van der Waals surface area (Å²) in [7, 11) is 0. The number of aromatic nitrogens is 3. The van der Waals surface area contributed by atoms with Gasteiger partial charge in [0.25, 0.3) is 5.91 Å². The molecule has 1 N–H and O–H groups in total. The molecule has 4 heterocycles. The van der Waals surface area contributed by atoms with Gasteiger partial charge in [-0.1, -0.05) is 12.1 Å². The van der Waals surface area contributed by atoms with Crippen molar-refractivity contribution in [2.75, 3.05) is 13.1 Å². The molecule has 5 rings (SSSR count). The fraction of sp³-hybridized carbons (Fsp3) is 0.240. The van der Waals surface area contributed by atoms with E-state index in [1.54, 1.807) is 29.4 Å². The van der Waals surface area contributed by atoms with E-state index in [0.717, 1.165) is 22.3 Å². The monoisotopic (exact) mass is 430 g/mol. The standard InChI is InChI=1S/C25H23FN4O2/c26-20-4-2-1-3-19(20)24(31)29-15-10-25(32,11-16-29)17-30-14-9-22-23(30)6-5-21(28-22)18-7-12-27-13-8-18/h1-9,12-14,32H,10-11,15-17H2. The van der Waals surface area contributed by atoms with E-state index in [1.165, 1.54) is 12.1 Å². The first-order chi connectivity index (χ1) is 15.5. The third kappa shape index (κ3) is 3.87. The Morgan fingerprint density at radius 3 is 2.53 bits per heavy atom. The number of benzene rings is 1. The van der Waals surface area contributed by atoms with Crippen LogP contribution >= 0.6 is 0 Å². The molecule has 0 spiro atoms. The number of pyridine rings is 2. The highest BCUT2D eigenvalue weighted by Crippen LogP contribution is 2.28. The van der Waals surface area contributed by atoms with E-state index in [9.17, 15) is 14.3 Å². The third-order valence-electron chi connectivity index (χ3n) is 6.15. The molecule has 4 aromatic rings. The summed E-state index contributed by atoms with van der Waals surface area (Å²) in [6.07, 6.45) is 6.27. The minimum Gasteiger partial charge on any atom is -0.388 e. The van der Waals surface area contributed by atoms with Gasteiger partial charge in [0.05, 0.1) is 34.4 Å². The van der Waals surface area contributed by atoms with Crippen molar-refractivity contribution in [1.29, 1.82) is 0 Å². The molecule has 0 atom stereocenters. The molecule has 32 heavy (non-hydrogen) atoms. The molecule has 1 saturated heterocycles. The van der Waals surface area contributed by atoms with Crippen molar-refractivity contribution in [3.05, 3.63) is 84.6 Å². The van der Waals surface area contributed by atoms with Crippen LogP contribution in [0.25, 0.3) is 22.3 Å². The van der Waals surface area contributed by atoms with Gasteiger partial charge < -0.3 is 14.6 Å². The van der Waals surface area contributed by atoms with E-state index in [1.807, 2.05) is 41.1 Å². The van der Waals surface area contributed by atoms with Crippen molar-refractivity contribution in [2.24, 2.45) is 0 Å². The first-order valence-electron chi connectivity index (χ1n) is 10.6. The van der Waals surface area contributed by atoms with Gasteiger partial charge in [-0.05, 0) is 55.3 Å². The number of carbonyl (C=O) groups is 1. The highest BCUT2D eigenvalue weighted by Gasteiger charge is 2.35. The lowest BCUT2D eigenvalue weighted by Gasteiger charge is -2.38. The van der Waals surface area contributed by atoms with Gasteiger partial charge in [0.2, 0.25) is 0 Å². The maximum atomic E-state index is 14.0. The number of rotatable bonds is 4. The lowest BCUT2D eigenvalue weighted by molar-refractivity contribution is -0.0284. The zero-order valence-corrected chi connectivity index (χ0v) is 17.5. The van der Waals surface area contributed by atoms with Crippen LogP contribution in [0.2, 0.25) is 0 Å². The first kappa shape index (κ1) is 20.3. The fourth-order valence-electron chi connectivity index (χ4n) is 4.30. The Morgan fingerprint density at radius 2 is 1.78 bits per heavy atom. The predicted octanol–water partition coefficient (Wildman–Crippen LogP) is 3.90. The second-order valence-corrected chi connectivity index (χ2v) is 8.28. The Bertz CT molecular complexity index is 1260. The van der Waals surface area contributed by atoms with Gasteiger partial charge in [-0.2, -0.15) is 0 Å². The van der Waals surface area contributed by atoms with Gasteiger partial charge in [-0.3, -0.25) is 9.78 Å². The van der Waals surface area contributed by atoms with Crippen molar-refractivity contribution >= 4 is 16.9 Å². The van der Waals surface area contributed by atoms with Gasteiger partial charge in [0.15, 0.2) is 0 Å². The lowest BCUT2D eigenvalue weighted by atomic mass is 9.91. The van der Waals surface area contributed by atoms with Crippen LogP contribution in [0.4, 0.5) is 4.39 Å². The average Bonchev–Trinajstić information content (AvgIpc) is 3.21. The summed E-state index contributed by atoms with van der Waals surface area (Å²) in [6.45, 7) is 1.18. The molecule has 1 aliphatic heterocycles. The Hall–Kier alpha value is -3.58. The largest absolute Gasteiger partial charge is 0.388 e. The van der Waals surface area contributed by atoms with Crippen molar-refractivity contribution in [3.63, 3.8) is 0 Å². The third-order valence-corrected chi connectivity index (χ3v) is 6.15. The van der Waals surface area contributed by atoms with E-state index in [2.05, 4.69) is 4.98 Å². The lowest BCUT2D eigenvalue weighted by Crippen LogP contribution is -2.48. The number of aliphatic hydroxyl groups is 1. The Kier molecular flexibility index (Phi) is 5.19. The molecule has 1 amide bonds. The number of piperidine rings is 1. The van der Waals surface area contributed by atoms with Crippen LogP contribution in [0.3, 0.4) is 0 Å². The maximum absolute atomic E-state index is 14.0. The minimum atomic E-state index is -0.943. The molecule has 0 bridgehead atoms. The molecule has 1 fully saturated rings. The second-order valence-electron chi connectivity index (χ2n) is 8.28. The summed E-state index contributed by atoms with van der Waals surface area (Å²) in [6, 6.07) is 15.8. The molecule has 162 valence electrons. The zero-order valence-electron chi connectivity index (χ0n) is 17.5. The fourth-order valence-corrected chi connectivity index (χ4v) is 4.30. The van der Waals surface area contributed by atoms with E-state index < -0.39 is 11.4 Å². The minimum absolute atomic E-state index is 0.0745. The molecule has 0 aliphatic carbocycles. The second kappa shape index (κ2) is 8.16. The number of carbonyl (C=O) groups excluding carboxylic acids is 1. The highest BCUT2D eigenvalue weighted by atomic mass is 19.1. The van der Waals surface area contributed by atoms with Crippen LogP contribution < -0.4 is 0 Å². The molecule has 3 aromatic heterocycles. The summed E-state index contributed by atoms with van der Waals surface area (Å²) >= 11 is 0. The van der Waals surface area contributed by atoms with Gasteiger partial charge >= 0.3 is 0 Å². The maximum Gasteiger partial charge on any atom is 0.256 e. The van der Waals surface area contributed by atoms with Crippen LogP contribution in [-0.4, -0.2) is 49.1 Å². The molecule has 0 radical (unpaired) electrons. The normalized spacial score (nSPS) is 15.8. The molecular weight excluding hydrogens is 407 g/mol. The molecular formula is C25H23FN4O2. The van der Waals surface area contributed by atoms with Crippen LogP contribution in [0, 0.1) is 5.82 Å². The summed E-state index contributed by atoms with van der Waals surface area (Å²) in [5.74, 6) is -0.847.